The lowest BCUT2D eigenvalue weighted by Gasteiger charge is -2.40. The number of pyridine rings is 1. The number of halogens is 4. The molecule has 1 aromatic heterocycles. The Morgan fingerprint density at radius 1 is 1.24 bits per heavy atom. The molecule has 2 aliphatic carbocycles. The monoisotopic (exact) mass is 526 g/mol. The van der Waals surface area contributed by atoms with E-state index in [1.54, 1.807) is 12.0 Å². The van der Waals surface area contributed by atoms with Crippen molar-refractivity contribution in [3.05, 3.63) is 23.6 Å². The Kier molecular flexibility index (Phi) is 6.39. The SMILES string of the molecule is CO[C@@H]1COCC[C@@H]1N[C@@H]1C[C@H]2CCC[C@@]2(C(=O)N2C[C@@H]3C[C@H]2CN3c2nccc(C(F)(F)F)c2F)C1. The molecule has 2 saturated carbocycles. The van der Waals surface area contributed by atoms with Gasteiger partial charge in [-0.3, -0.25) is 4.79 Å². The number of carbonyl (C=O) groups excluding carboxylic acids is 1. The normalized spacial score (nSPS) is 37.4. The van der Waals surface area contributed by atoms with Crippen molar-refractivity contribution < 1.29 is 31.8 Å². The lowest BCUT2D eigenvalue weighted by Crippen LogP contribution is -2.54. The van der Waals surface area contributed by atoms with E-state index in [4.69, 9.17) is 9.47 Å². The van der Waals surface area contributed by atoms with E-state index < -0.39 is 17.6 Å². The topological polar surface area (TPSA) is 66.9 Å². The summed E-state index contributed by atoms with van der Waals surface area (Å²) in [5.74, 6) is -1.09. The molecule has 3 aliphatic heterocycles. The lowest BCUT2D eigenvalue weighted by atomic mass is 9.78. The standard InChI is InChI=1S/C26H34F4N4O3/c1-36-21-14-37-8-5-20(21)32-16-9-15-3-2-6-25(15,11-16)24(35)34-13-17-10-18(34)12-33(17)23-22(27)19(4-7-31-23)26(28,29)30/h4,7,15-18,20-21,32H,2-3,5-6,8-14H2,1H3/t15-,16-,17+,18+,20+,21-,25-/m1/s1. The highest BCUT2D eigenvalue weighted by Gasteiger charge is 2.59. The van der Waals surface area contributed by atoms with Crippen molar-refractivity contribution in [3.63, 3.8) is 0 Å². The Morgan fingerprint density at radius 2 is 2.08 bits per heavy atom. The van der Waals surface area contributed by atoms with Gasteiger partial charge in [0.1, 0.15) is 0 Å². The first kappa shape index (κ1) is 25.3. The second-order valence-electron chi connectivity index (χ2n) is 11.4. The third-order valence-electron chi connectivity index (χ3n) is 9.57. The van der Waals surface area contributed by atoms with E-state index in [2.05, 4.69) is 10.3 Å². The number of alkyl halides is 3. The highest BCUT2D eigenvalue weighted by Crippen LogP contribution is 2.56. The Balaban J connectivity index is 1.15. The van der Waals surface area contributed by atoms with E-state index in [-0.39, 0.29) is 47.4 Å². The van der Waals surface area contributed by atoms with Crippen molar-refractivity contribution >= 4 is 11.7 Å². The number of rotatable bonds is 5. The molecule has 0 unspecified atom stereocenters. The summed E-state index contributed by atoms with van der Waals surface area (Å²) in [6, 6.07) is 0.762. The number of ether oxygens (including phenoxy) is 2. The van der Waals surface area contributed by atoms with Crippen LogP contribution < -0.4 is 10.2 Å². The minimum atomic E-state index is -4.78. The van der Waals surface area contributed by atoms with Gasteiger partial charge in [0, 0.05) is 45.1 Å². The third-order valence-corrected chi connectivity index (χ3v) is 9.57. The molecule has 0 spiro atoms. The van der Waals surface area contributed by atoms with Crippen LogP contribution in [0.4, 0.5) is 23.4 Å². The number of methoxy groups -OCH3 is 1. The fourth-order valence-corrected chi connectivity index (χ4v) is 7.87. The Hall–Kier alpha value is -1.98. The predicted molar refractivity (Wildman–Crippen MR) is 126 cm³/mol. The summed E-state index contributed by atoms with van der Waals surface area (Å²) in [6.45, 7) is 1.98. The number of piperazine rings is 1. The van der Waals surface area contributed by atoms with Crippen LogP contribution in [-0.2, 0) is 20.4 Å². The molecule has 4 heterocycles. The molecule has 6 rings (SSSR count). The quantitative estimate of drug-likeness (QED) is 0.594. The van der Waals surface area contributed by atoms with Crippen LogP contribution in [0.1, 0.15) is 50.5 Å². The zero-order valence-electron chi connectivity index (χ0n) is 21.0. The fraction of sp³-hybridized carbons (Fsp3) is 0.769. The van der Waals surface area contributed by atoms with Crippen LogP contribution in [0.2, 0.25) is 0 Å². The Morgan fingerprint density at radius 3 is 2.81 bits per heavy atom. The highest BCUT2D eigenvalue weighted by molar-refractivity contribution is 5.85. The molecule has 37 heavy (non-hydrogen) atoms. The van der Waals surface area contributed by atoms with Crippen LogP contribution in [0.3, 0.4) is 0 Å². The summed E-state index contributed by atoms with van der Waals surface area (Å²) in [6.07, 6.45) is 2.46. The minimum absolute atomic E-state index is 0.00555. The van der Waals surface area contributed by atoms with Gasteiger partial charge in [-0.05, 0) is 50.5 Å². The van der Waals surface area contributed by atoms with Crippen molar-refractivity contribution in [1.82, 2.24) is 15.2 Å². The van der Waals surface area contributed by atoms with Crippen LogP contribution >= 0.6 is 0 Å². The van der Waals surface area contributed by atoms with Crippen LogP contribution in [0.25, 0.3) is 0 Å². The van der Waals surface area contributed by atoms with Crippen LogP contribution in [0.5, 0.6) is 0 Å². The van der Waals surface area contributed by atoms with Gasteiger partial charge in [-0.15, -0.1) is 0 Å². The summed E-state index contributed by atoms with van der Waals surface area (Å²) in [4.78, 5) is 21.6. The first-order valence-electron chi connectivity index (χ1n) is 13.4. The fourth-order valence-electron chi connectivity index (χ4n) is 7.87. The second-order valence-corrected chi connectivity index (χ2v) is 11.4. The van der Waals surface area contributed by atoms with Gasteiger partial charge in [-0.1, -0.05) is 6.42 Å². The molecular weight excluding hydrogens is 492 g/mol. The molecule has 5 fully saturated rings. The number of amides is 1. The first-order chi connectivity index (χ1) is 17.7. The molecule has 7 atom stereocenters. The van der Waals surface area contributed by atoms with Gasteiger partial charge < -0.3 is 24.6 Å². The van der Waals surface area contributed by atoms with Crippen molar-refractivity contribution in [2.75, 3.05) is 38.3 Å². The minimum Gasteiger partial charge on any atom is -0.379 e. The number of nitrogens with zero attached hydrogens (tertiary/aromatic N) is 3. The summed E-state index contributed by atoms with van der Waals surface area (Å²) in [7, 11) is 1.70. The number of aromatic nitrogens is 1. The van der Waals surface area contributed by atoms with Gasteiger partial charge in [-0.25, -0.2) is 9.37 Å². The van der Waals surface area contributed by atoms with Gasteiger partial charge in [0.15, 0.2) is 11.6 Å². The number of anilines is 1. The maximum atomic E-state index is 14.8. The van der Waals surface area contributed by atoms with Gasteiger partial charge in [0.25, 0.3) is 0 Å². The molecule has 1 N–H and O–H groups in total. The highest BCUT2D eigenvalue weighted by atomic mass is 19.4. The smallest absolute Gasteiger partial charge is 0.379 e. The Labute approximate surface area is 213 Å². The van der Waals surface area contributed by atoms with Gasteiger partial charge in [0.2, 0.25) is 5.91 Å². The zero-order chi connectivity index (χ0) is 25.9. The molecule has 2 bridgehead atoms. The molecule has 204 valence electrons. The maximum Gasteiger partial charge on any atom is 0.419 e. The number of likely N-dealkylation sites (tertiary alicyclic amines) is 1. The predicted octanol–water partition coefficient (Wildman–Crippen LogP) is 3.37. The van der Waals surface area contributed by atoms with E-state index in [0.717, 1.165) is 44.7 Å². The average Bonchev–Trinajstić information content (AvgIpc) is 3.63. The van der Waals surface area contributed by atoms with E-state index in [9.17, 15) is 22.4 Å². The maximum absolute atomic E-state index is 14.8. The van der Waals surface area contributed by atoms with Crippen molar-refractivity contribution in [2.24, 2.45) is 11.3 Å². The molecule has 7 nitrogen and oxygen atoms in total. The summed E-state index contributed by atoms with van der Waals surface area (Å²) in [5.41, 5.74) is -1.69. The van der Waals surface area contributed by atoms with Gasteiger partial charge in [0.05, 0.1) is 35.8 Å². The molecule has 1 aromatic rings. The number of hydrogen-bond donors (Lipinski definition) is 1. The van der Waals surface area contributed by atoms with Crippen molar-refractivity contribution in [2.45, 2.75) is 81.4 Å². The third kappa shape index (κ3) is 4.21. The van der Waals surface area contributed by atoms with Crippen LogP contribution in [-0.4, -0.2) is 79.5 Å². The van der Waals surface area contributed by atoms with E-state index >= 15 is 0 Å². The largest absolute Gasteiger partial charge is 0.419 e. The molecule has 3 saturated heterocycles. The number of fused-ring (bicyclic) bond motifs is 3. The van der Waals surface area contributed by atoms with E-state index in [1.807, 2.05) is 4.90 Å². The summed E-state index contributed by atoms with van der Waals surface area (Å²) >= 11 is 0. The second kappa shape index (κ2) is 9.34. The van der Waals surface area contributed by atoms with Crippen molar-refractivity contribution in [1.29, 1.82) is 0 Å². The molecule has 1 amide bonds. The van der Waals surface area contributed by atoms with E-state index in [1.165, 1.54) is 0 Å². The summed E-state index contributed by atoms with van der Waals surface area (Å²) < 4.78 is 65.6. The van der Waals surface area contributed by atoms with E-state index in [0.29, 0.717) is 44.7 Å². The molecule has 0 radical (unpaired) electrons. The number of hydrogen-bond acceptors (Lipinski definition) is 6. The van der Waals surface area contributed by atoms with Gasteiger partial charge >= 0.3 is 6.18 Å². The number of nitrogens with one attached hydrogen (secondary N) is 1. The average molecular weight is 527 g/mol. The molecule has 0 aromatic carbocycles. The Bertz CT molecular complexity index is 1040. The van der Waals surface area contributed by atoms with Crippen molar-refractivity contribution in [3.8, 4) is 0 Å². The zero-order valence-corrected chi connectivity index (χ0v) is 21.0. The lowest BCUT2D eigenvalue weighted by molar-refractivity contribution is -0.144. The molecule has 11 heteroatoms. The number of carbonyl (C=O) groups is 1. The van der Waals surface area contributed by atoms with Gasteiger partial charge in [-0.2, -0.15) is 13.2 Å². The van der Waals surface area contributed by atoms with Crippen LogP contribution in [0.15, 0.2) is 12.3 Å². The summed E-state index contributed by atoms with van der Waals surface area (Å²) in [5, 5.41) is 3.78. The van der Waals surface area contributed by atoms with Crippen LogP contribution in [0, 0.1) is 17.2 Å². The first-order valence-corrected chi connectivity index (χ1v) is 13.4. The molecule has 5 aliphatic rings. The molecular formula is C26H34F4N4O3.